The van der Waals surface area contributed by atoms with Crippen LogP contribution in [0.3, 0.4) is 0 Å². The summed E-state index contributed by atoms with van der Waals surface area (Å²) in [7, 11) is 0. The highest BCUT2D eigenvalue weighted by Gasteiger charge is 2.28. The number of non-ortho nitro benzene ring substituents is 1. The first-order valence-electron chi connectivity index (χ1n) is 8.94. The van der Waals surface area contributed by atoms with Gasteiger partial charge in [-0.2, -0.15) is 0 Å². The number of imidazole rings is 1. The van der Waals surface area contributed by atoms with Crippen LogP contribution in [-0.4, -0.2) is 19.5 Å². The topological polar surface area (TPSA) is 85.9 Å². The molecule has 0 saturated heterocycles. The van der Waals surface area contributed by atoms with E-state index in [0.29, 0.717) is 23.5 Å². The number of anilines is 1. The molecule has 0 atom stereocenters. The number of fused-ring (bicyclic) bond motifs is 2. The van der Waals surface area contributed by atoms with Crippen molar-refractivity contribution >= 4 is 33.3 Å². The van der Waals surface area contributed by atoms with E-state index in [0.717, 1.165) is 22.5 Å². The molecule has 2 heterocycles. The summed E-state index contributed by atoms with van der Waals surface area (Å²) in [5.74, 6) is 0.973. The molecular formula is C20H17N5O2. The maximum Gasteiger partial charge on any atom is 0.278 e. The van der Waals surface area contributed by atoms with Crippen LogP contribution in [0.2, 0.25) is 0 Å². The van der Waals surface area contributed by atoms with Crippen molar-refractivity contribution in [1.29, 1.82) is 0 Å². The van der Waals surface area contributed by atoms with Gasteiger partial charge in [0, 0.05) is 18.3 Å². The number of rotatable bonds is 5. The predicted molar refractivity (Wildman–Crippen MR) is 104 cm³/mol. The zero-order valence-corrected chi connectivity index (χ0v) is 14.5. The van der Waals surface area contributed by atoms with Gasteiger partial charge in [-0.15, -0.1) is 0 Å². The predicted octanol–water partition coefficient (Wildman–Crippen LogP) is 4.44. The highest BCUT2D eigenvalue weighted by molar-refractivity contribution is 5.96. The van der Waals surface area contributed by atoms with Gasteiger partial charge in [0.1, 0.15) is 11.3 Å². The van der Waals surface area contributed by atoms with Gasteiger partial charge in [0.15, 0.2) is 0 Å². The lowest BCUT2D eigenvalue weighted by Crippen LogP contribution is -2.08. The molecule has 0 radical (unpaired) electrons. The van der Waals surface area contributed by atoms with Gasteiger partial charge in [0.05, 0.1) is 33.6 Å². The summed E-state index contributed by atoms with van der Waals surface area (Å²) in [4.78, 5) is 20.0. The number of aromatic nitrogens is 3. The average molecular weight is 359 g/mol. The maximum atomic E-state index is 11.3. The van der Waals surface area contributed by atoms with Crippen molar-refractivity contribution in [3.05, 3.63) is 70.7 Å². The van der Waals surface area contributed by atoms with Crippen molar-refractivity contribution in [3.8, 4) is 0 Å². The standard InChI is InChI=1S/C20H17N5O2/c26-25(27)17-10-9-16(20-14(17)4-3-11-21-20)22-12-19-23-15-5-1-2-6-18(15)24(19)13-7-8-13/h1-6,9-11,13,22H,7-8,12H2. The van der Waals surface area contributed by atoms with Gasteiger partial charge in [0.2, 0.25) is 0 Å². The lowest BCUT2D eigenvalue weighted by Gasteiger charge is -2.11. The van der Waals surface area contributed by atoms with E-state index in [9.17, 15) is 10.1 Å². The third kappa shape index (κ3) is 2.68. The molecule has 1 saturated carbocycles. The molecule has 1 aliphatic carbocycles. The minimum absolute atomic E-state index is 0.0638. The van der Waals surface area contributed by atoms with E-state index in [1.807, 2.05) is 18.2 Å². The number of pyridine rings is 1. The molecule has 2 aromatic carbocycles. The van der Waals surface area contributed by atoms with Crippen molar-refractivity contribution in [2.24, 2.45) is 0 Å². The third-order valence-corrected chi connectivity index (χ3v) is 4.96. The van der Waals surface area contributed by atoms with E-state index < -0.39 is 0 Å². The van der Waals surface area contributed by atoms with E-state index >= 15 is 0 Å². The molecule has 4 aromatic rings. The minimum atomic E-state index is -0.375. The molecule has 7 nitrogen and oxygen atoms in total. The monoisotopic (exact) mass is 359 g/mol. The second kappa shape index (κ2) is 6.05. The number of benzene rings is 2. The highest BCUT2D eigenvalue weighted by Crippen LogP contribution is 2.39. The molecule has 0 amide bonds. The molecule has 0 bridgehead atoms. The number of para-hydroxylation sites is 2. The van der Waals surface area contributed by atoms with E-state index in [1.54, 1.807) is 24.4 Å². The fourth-order valence-electron chi connectivity index (χ4n) is 3.59. The van der Waals surface area contributed by atoms with Gasteiger partial charge in [-0.05, 0) is 43.2 Å². The van der Waals surface area contributed by atoms with E-state index in [-0.39, 0.29) is 10.6 Å². The Kier molecular flexibility index (Phi) is 3.53. The van der Waals surface area contributed by atoms with Crippen LogP contribution in [-0.2, 0) is 6.54 Å². The fourth-order valence-corrected chi connectivity index (χ4v) is 3.59. The number of hydrogen-bond acceptors (Lipinski definition) is 5. The Morgan fingerprint density at radius 1 is 1.15 bits per heavy atom. The summed E-state index contributed by atoms with van der Waals surface area (Å²) in [6.45, 7) is 0.536. The summed E-state index contributed by atoms with van der Waals surface area (Å²) < 4.78 is 2.31. The number of nitro groups is 1. The molecule has 134 valence electrons. The van der Waals surface area contributed by atoms with Crippen molar-refractivity contribution in [2.45, 2.75) is 25.4 Å². The van der Waals surface area contributed by atoms with E-state index in [4.69, 9.17) is 4.98 Å². The summed E-state index contributed by atoms with van der Waals surface area (Å²) in [5, 5.41) is 15.2. The van der Waals surface area contributed by atoms with Crippen LogP contribution in [0.15, 0.2) is 54.7 Å². The second-order valence-electron chi connectivity index (χ2n) is 6.76. The molecule has 27 heavy (non-hydrogen) atoms. The molecule has 0 spiro atoms. The zero-order chi connectivity index (χ0) is 18.4. The van der Waals surface area contributed by atoms with Crippen molar-refractivity contribution in [1.82, 2.24) is 14.5 Å². The molecule has 1 aliphatic rings. The van der Waals surface area contributed by atoms with Crippen LogP contribution in [0, 0.1) is 10.1 Å². The Morgan fingerprint density at radius 2 is 2.00 bits per heavy atom. The number of nitrogens with one attached hydrogen (secondary N) is 1. The summed E-state index contributed by atoms with van der Waals surface area (Å²) in [6.07, 6.45) is 4.00. The van der Waals surface area contributed by atoms with Crippen molar-refractivity contribution in [2.75, 3.05) is 5.32 Å². The van der Waals surface area contributed by atoms with Gasteiger partial charge in [-0.3, -0.25) is 15.1 Å². The quantitative estimate of drug-likeness (QED) is 0.420. The summed E-state index contributed by atoms with van der Waals surface area (Å²) in [5.41, 5.74) is 3.58. The smallest absolute Gasteiger partial charge is 0.278 e. The number of hydrogen-bond donors (Lipinski definition) is 1. The van der Waals surface area contributed by atoms with Gasteiger partial charge in [0.25, 0.3) is 5.69 Å². The summed E-state index contributed by atoms with van der Waals surface area (Å²) in [6, 6.07) is 15.4. The van der Waals surface area contributed by atoms with Crippen LogP contribution in [0.4, 0.5) is 11.4 Å². The number of nitrogens with zero attached hydrogens (tertiary/aromatic N) is 4. The Morgan fingerprint density at radius 3 is 2.81 bits per heavy atom. The Balaban J connectivity index is 1.52. The first-order chi connectivity index (χ1) is 13.2. The molecular weight excluding hydrogens is 342 g/mol. The zero-order valence-electron chi connectivity index (χ0n) is 14.5. The van der Waals surface area contributed by atoms with Crippen LogP contribution >= 0.6 is 0 Å². The summed E-state index contributed by atoms with van der Waals surface area (Å²) >= 11 is 0. The molecule has 7 heteroatoms. The lowest BCUT2D eigenvalue weighted by molar-refractivity contribution is -0.383. The Hall–Kier alpha value is -3.48. The highest BCUT2D eigenvalue weighted by atomic mass is 16.6. The van der Waals surface area contributed by atoms with Crippen LogP contribution < -0.4 is 5.32 Å². The van der Waals surface area contributed by atoms with Crippen molar-refractivity contribution < 1.29 is 4.92 Å². The van der Waals surface area contributed by atoms with Crippen LogP contribution in [0.1, 0.15) is 24.7 Å². The lowest BCUT2D eigenvalue weighted by atomic mass is 10.1. The van der Waals surface area contributed by atoms with Crippen LogP contribution in [0.25, 0.3) is 21.9 Å². The molecule has 2 aromatic heterocycles. The maximum absolute atomic E-state index is 11.3. The Bertz CT molecular complexity index is 1180. The van der Waals surface area contributed by atoms with Crippen LogP contribution in [0.5, 0.6) is 0 Å². The minimum Gasteiger partial charge on any atom is -0.376 e. The fraction of sp³-hybridized carbons (Fsp3) is 0.200. The molecule has 0 unspecified atom stereocenters. The first kappa shape index (κ1) is 15.7. The van der Waals surface area contributed by atoms with E-state index in [2.05, 4.69) is 20.9 Å². The van der Waals surface area contributed by atoms with Gasteiger partial charge in [-0.1, -0.05) is 12.1 Å². The molecule has 0 aliphatic heterocycles. The normalized spacial score (nSPS) is 13.9. The van der Waals surface area contributed by atoms with Gasteiger partial charge < -0.3 is 9.88 Å². The molecule has 5 rings (SSSR count). The second-order valence-corrected chi connectivity index (χ2v) is 6.76. The van der Waals surface area contributed by atoms with Gasteiger partial charge >= 0.3 is 0 Å². The largest absolute Gasteiger partial charge is 0.376 e. The third-order valence-electron chi connectivity index (χ3n) is 4.96. The van der Waals surface area contributed by atoms with E-state index in [1.165, 1.54) is 18.9 Å². The Labute approximate surface area is 154 Å². The van der Waals surface area contributed by atoms with Gasteiger partial charge in [-0.25, -0.2) is 4.98 Å². The SMILES string of the molecule is O=[N+]([O-])c1ccc(NCc2nc3ccccc3n2C2CC2)c2ncccc12. The molecule has 1 N–H and O–H groups in total. The molecule has 1 fully saturated rings. The van der Waals surface area contributed by atoms with Crippen molar-refractivity contribution in [3.63, 3.8) is 0 Å². The average Bonchev–Trinajstić information content (AvgIpc) is 3.46. The number of nitro benzene ring substituents is 1. The first-order valence-corrected chi connectivity index (χ1v) is 8.94.